The van der Waals surface area contributed by atoms with E-state index in [0.29, 0.717) is 24.2 Å². The van der Waals surface area contributed by atoms with Gasteiger partial charge in [-0.25, -0.2) is 19.7 Å². The molecule has 1 aliphatic rings. The van der Waals surface area contributed by atoms with Crippen LogP contribution < -0.4 is 5.32 Å². The number of hydrogen-bond donors (Lipinski definition) is 1. The molecule has 0 saturated carbocycles. The van der Waals surface area contributed by atoms with Crippen molar-refractivity contribution in [1.29, 1.82) is 0 Å². The number of piperidine rings is 1. The van der Waals surface area contributed by atoms with Gasteiger partial charge in [-0.1, -0.05) is 0 Å². The summed E-state index contributed by atoms with van der Waals surface area (Å²) >= 11 is 1.68. The van der Waals surface area contributed by atoms with Crippen LogP contribution in [-0.4, -0.2) is 46.1 Å². The molecule has 0 radical (unpaired) electrons. The highest BCUT2D eigenvalue weighted by molar-refractivity contribution is 7.09. The number of nitrogens with one attached hydrogen (secondary N) is 1. The molecule has 0 spiro atoms. The molecule has 1 fully saturated rings. The van der Waals surface area contributed by atoms with Gasteiger partial charge in [-0.05, 0) is 24.8 Å². The smallest absolute Gasteiger partial charge is 0.323 e. The van der Waals surface area contributed by atoms with Crippen LogP contribution >= 0.6 is 11.3 Å². The monoisotopic (exact) mass is 347 g/mol. The Hall–Kier alpha value is -2.06. The lowest BCUT2D eigenvalue weighted by Crippen LogP contribution is -2.43. The molecule has 2 aromatic heterocycles. The first-order chi connectivity index (χ1) is 11.7. The van der Waals surface area contributed by atoms with Crippen molar-refractivity contribution in [2.75, 3.05) is 25.5 Å². The lowest BCUT2D eigenvalue weighted by Gasteiger charge is -2.32. The maximum absolute atomic E-state index is 12.5. The molecular weight excluding hydrogens is 326 g/mol. The summed E-state index contributed by atoms with van der Waals surface area (Å²) in [6.07, 6.45) is 6.54. The first-order valence-electron chi connectivity index (χ1n) is 7.99. The van der Waals surface area contributed by atoms with Crippen molar-refractivity contribution in [2.45, 2.75) is 25.9 Å². The second-order valence-corrected chi connectivity index (χ2v) is 6.78. The van der Waals surface area contributed by atoms with E-state index in [2.05, 4.69) is 20.3 Å². The molecule has 7 nitrogen and oxygen atoms in total. The van der Waals surface area contributed by atoms with Crippen molar-refractivity contribution in [3.8, 4) is 0 Å². The van der Waals surface area contributed by atoms with Crippen LogP contribution in [0.1, 0.15) is 23.7 Å². The quantitative estimate of drug-likeness (QED) is 0.899. The Morgan fingerprint density at radius 3 is 3.17 bits per heavy atom. The normalized spacial score (nSPS) is 17.7. The van der Waals surface area contributed by atoms with E-state index in [0.717, 1.165) is 37.4 Å². The summed E-state index contributed by atoms with van der Waals surface area (Å²) in [7, 11) is 1.59. The molecule has 3 rings (SSSR count). The van der Waals surface area contributed by atoms with Crippen molar-refractivity contribution in [1.82, 2.24) is 19.9 Å². The van der Waals surface area contributed by atoms with Crippen LogP contribution in [0.2, 0.25) is 0 Å². The van der Waals surface area contributed by atoms with Gasteiger partial charge in [0.1, 0.15) is 12.4 Å². The third-order valence-electron chi connectivity index (χ3n) is 3.97. The number of rotatable bonds is 5. The molecular formula is C16H21N5O2S. The predicted octanol–water partition coefficient (Wildman–Crippen LogP) is 2.57. The van der Waals surface area contributed by atoms with Gasteiger partial charge in [0.2, 0.25) is 0 Å². The number of amides is 2. The summed E-state index contributed by atoms with van der Waals surface area (Å²) in [5, 5.41) is 5.99. The van der Waals surface area contributed by atoms with Gasteiger partial charge in [-0.15, -0.1) is 11.3 Å². The predicted molar refractivity (Wildman–Crippen MR) is 91.9 cm³/mol. The van der Waals surface area contributed by atoms with E-state index in [1.165, 1.54) is 0 Å². The Bertz CT molecular complexity index is 664. The van der Waals surface area contributed by atoms with Crippen LogP contribution in [0, 0.1) is 5.92 Å². The number of hydrogen-bond acceptors (Lipinski definition) is 6. The maximum Gasteiger partial charge on any atom is 0.323 e. The molecule has 24 heavy (non-hydrogen) atoms. The summed E-state index contributed by atoms with van der Waals surface area (Å²) in [4.78, 5) is 27.1. The number of ether oxygens (including phenoxy) is 1. The van der Waals surface area contributed by atoms with Gasteiger partial charge < -0.3 is 9.64 Å². The fourth-order valence-electron chi connectivity index (χ4n) is 2.87. The maximum atomic E-state index is 12.5. The van der Waals surface area contributed by atoms with E-state index in [4.69, 9.17) is 4.74 Å². The highest BCUT2D eigenvalue weighted by atomic mass is 32.1. The SMILES string of the molecule is COCc1nccc(NC(=O)N2CCCC(Cc3nccs3)C2)n1. The summed E-state index contributed by atoms with van der Waals surface area (Å²) in [5.41, 5.74) is 0. The number of methoxy groups -OCH3 is 1. The van der Waals surface area contributed by atoms with E-state index in [1.54, 1.807) is 30.7 Å². The highest BCUT2D eigenvalue weighted by Gasteiger charge is 2.24. The first-order valence-corrected chi connectivity index (χ1v) is 8.87. The van der Waals surface area contributed by atoms with Gasteiger partial charge >= 0.3 is 6.03 Å². The van der Waals surface area contributed by atoms with Crippen LogP contribution in [0.15, 0.2) is 23.8 Å². The van der Waals surface area contributed by atoms with Crippen LogP contribution in [-0.2, 0) is 17.8 Å². The third kappa shape index (κ3) is 4.48. The van der Waals surface area contributed by atoms with Gasteiger partial charge in [0.25, 0.3) is 0 Å². The molecule has 1 saturated heterocycles. The molecule has 0 aliphatic carbocycles. The Morgan fingerprint density at radius 2 is 2.38 bits per heavy atom. The van der Waals surface area contributed by atoms with Crippen molar-refractivity contribution >= 4 is 23.2 Å². The molecule has 2 aromatic rings. The summed E-state index contributed by atoms with van der Waals surface area (Å²) in [6, 6.07) is 1.58. The summed E-state index contributed by atoms with van der Waals surface area (Å²) in [5.74, 6) is 1.52. The van der Waals surface area contributed by atoms with E-state index in [9.17, 15) is 4.79 Å². The number of carbonyl (C=O) groups excluding carboxylic acids is 1. The Morgan fingerprint density at radius 1 is 1.46 bits per heavy atom. The Labute approximate surface area is 145 Å². The van der Waals surface area contributed by atoms with Gasteiger partial charge in [0, 0.05) is 44.4 Å². The molecule has 3 heterocycles. The topological polar surface area (TPSA) is 80.2 Å². The molecule has 8 heteroatoms. The summed E-state index contributed by atoms with van der Waals surface area (Å²) < 4.78 is 5.02. The zero-order valence-corrected chi connectivity index (χ0v) is 14.5. The van der Waals surface area contributed by atoms with Crippen molar-refractivity contribution < 1.29 is 9.53 Å². The standard InChI is InChI=1S/C16H21N5O2S/c1-23-11-14-17-5-4-13(19-14)20-16(22)21-7-2-3-12(10-21)9-15-18-6-8-24-15/h4-6,8,12H,2-3,7,9-11H2,1H3,(H,17,19,20,22). The number of carbonyl (C=O) groups is 1. The molecule has 1 atom stereocenters. The van der Waals surface area contributed by atoms with Gasteiger partial charge in [0.15, 0.2) is 5.82 Å². The number of likely N-dealkylation sites (tertiary alicyclic amines) is 1. The average molecular weight is 347 g/mol. The van der Waals surface area contributed by atoms with E-state index in [-0.39, 0.29) is 6.03 Å². The van der Waals surface area contributed by atoms with Crippen molar-refractivity contribution in [3.63, 3.8) is 0 Å². The second kappa shape index (κ2) is 8.16. The Kier molecular flexibility index (Phi) is 5.71. The van der Waals surface area contributed by atoms with Crippen LogP contribution in [0.4, 0.5) is 10.6 Å². The zero-order valence-electron chi connectivity index (χ0n) is 13.6. The largest absolute Gasteiger partial charge is 0.377 e. The van der Waals surface area contributed by atoms with Gasteiger partial charge in [-0.3, -0.25) is 5.32 Å². The molecule has 1 N–H and O–H groups in total. The molecule has 2 amide bonds. The zero-order chi connectivity index (χ0) is 16.8. The number of nitrogens with zero attached hydrogens (tertiary/aromatic N) is 4. The average Bonchev–Trinajstić information content (AvgIpc) is 3.09. The minimum atomic E-state index is -0.110. The fraction of sp³-hybridized carbons (Fsp3) is 0.500. The van der Waals surface area contributed by atoms with Crippen molar-refractivity contribution in [2.24, 2.45) is 5.92 Å². The van der Waals surface area contributed by atoms with Gasteiger partial charge in [0.05, 0.1) is 5.01 Å². The third-order valence-corrected chi connectivity index (χ3v) is 4.77. The lowest BCUT2D eigenvalue weighted by atomic mass is 9.95. The van der Waals surface area contributed by atoms with Crippen molar-refractivity contribution in [3.05, 3.63) is 34.7 Å². The highest BCUT2D eigenvalue weighted by Crippen LogP contribution is 2.22. The molecule has 0 bridgehead atoms. The fourth-order valence-corrected chi connectivity index (χ4v) is 3.61. The minimum absolute atomic E-state index is 0.110. The second-order valence-electron chi connectivity index (χ2n) is 5.81. The number of aromatic nitrogens is 3. The van der Waals surface area contributed by atoms with E-state index in [1.807, 2.05) is 16.5 Å². The lowest BCUT2D eigenvalue weighted by molar-refractivity contribution is 0.176. The minimum Gasteiger partial charge on any atom is -0.377 e. The van der Waals surface area contributed by atoms with Crippen LogP contribution in [0.3, 0.4) is 0 Å². The molecule has 128 valence electrons. The molecule has 1 aliphatic heterocycles. The van der Waals surface area contributed by atoms with E-state index >= 15 is 0 Å². The molecule has 1 unspecified atom stereocenters. The molecule has 0 aromatic carbocycles. The summed E-state index contributed by atoms with van der Waals surface area (Å²) in [6.45, 7) is 1.85. The van der Waals surface area contributed by atoms with Crippen LogP contribution in [0.25, 0.3) is 0 Å². The van der Waals surface area contributed by atoms with E-state index < -0.39 is 0 Å². The number of anilines is 1. The number of thiazole rings is 1. The first kappa shape index (κ1) is 16.8. The van der Waals surface area contributed by atoms with Gasteiger partial charge in [-0.2, -0.15) is 0 Å². The van der Waals surface area contributed by atoms with Crippen LogP contribution in [0.5, 0.6) is 0 Å². The Balaban J connectivity index is 1.57. The number of urea groups is 1.